The van der Waals surface area contributed by atoms with Gasteiger partial charge in [-0.2, -0.15) is 0 Å². The predicted molar refractivity (Wildman–Crippen MR) is 83.8 cm³/mol. The van der Waals surface area contributed by atoms with E-state index in [2.05, 4.69) is 17.0 Å². The lowest BCUT2D eigenvalue weighted by Gasteiger charge is -2.38. The fraction of sp³-hybridized carbons (Fsp3) is 0.714. The molecule has 6 heteroatoms. The summed E-state index contributed by atoms with van der Waals surface area (Å²) < 4.78 is 27.9. The van der Waals surface area contributed by atoms with Gasteiger partial charge >= 0.3 is 0 Å². The quantitative estimate of drug-likeness (QED) is 0.725. The maximum absolute atomic E-state index is 12.3. The molecule has 1 fully saturated rings. The highest BCUT2D eigenvalue weighted by molar-refractivity contribution is 7.91. The van der Waals surface area contributed by atoms with Gasteiger partial charge in [0.25, 0.3) is 10.0 Å². The second kappa shape index (κ2) is 6.56. The first-order valence-electron chi connectivity index (χ1n) is 7.29. The molecule has 20 heavy (non-hydrogen) atoms. The lowest BCUT2D eigenvalue weighted by molar-refractivity contribution is 0.248. The van der Waals surface area contributed by atoms with Gasteiger partial charge in [-0.05, 0) is 64.3 Å². The zero-order valence-electron chi connectivity index (χ0n) is 12.2. The summed E-state index contributed by atoms with van der Waals surface area (Å²) in [4.78, 5) is 1.12. The van der Waals surface area contributed by atoms with E-state index in [-0.39, 0.29) is 5.54 Å². The van der Waals surface area contributed by atoms with E-state index >= 15 is 0 Å². The summed E-state index contributed by atoms with van der Waals surface area (Å²) in [7, 11) is -3.35. The SMILES string of the molecule is CCCNCCc1ccc(S(=O)(=O)NC2(C)CCC2)s1. The third-order valence-electron chi connectivity index (χ3n) is 3.71. The van der Waals surface area contributed by atoms with Gasteiger partial charge in [-0.3, -0.25) is 0 Å². The minimum Gasteiger partial charge on any atom is -0.316 e. The molecule has 2 rings (SSSR count). The number of thiophene rings is 1. The van der Waals surface area contributed by atoms with Gasteiger partial charge in [0.05, 0.1) is 0 Å². The normalized spacial score (nSPS) is 17.9. The van der Waals surface area contributed by atoms with Crippen LogP contribution in [0.1, 0.15) is 44.4 Å². The number of hydrogen-bond donors (Lipinski definition) is 2. The van der Waals surface area contributed by atoms with Crippen molar-refractivity contribution in [3.05, 3.63) is 17.0 Å². The molecule has 0 bridgehead atoms. The fourth-order valence-electron chi connectivity index (χ4n) is 2.33. The van der Waals surface area contributed by atoms with E-state index in [1.807, 2.05) is 13.0 Å². The molecule has 4 nitrogen and oxygen atoms in total. The molecule has 1 saturated carbocycles. The van der Waals surface area contributed by atoms with Gasteiger partial charge < -0.3 is 5.32 Å². The summed E-state index contributed by atoms with van der Waals surface area (Å²) in [5, 5.41) is 3.33. The molecule has 1 heterocycles. The molecular formula is C14H24N2O2S2. The van der Waals surface area contributed by atoms with Crippen molar-refractivity contribution in [2.24, 2.45) is 0 Å². The summed E-state index contributed by atoms with van der Waals surface area (Å²) in [6.07, 6.45) is 4.98. The van der Waals surface area contributed by atoms with Crippen LogP contribution in [0, 0.1) is 0 Å². The molecule has 0 saturated heterocycles. The van der Waals surface area contributed by atoms with Gasteiger partial charge in [-0.15, -0.1) is 11.3 Å². The number of sulfonamides is 1. The Labute approximate surface area is 126 Å². The van der Waals surface area contributed by atoms with Crippen LogP contribution in [0.4, 0.5) is 0 Å². The van der Waals surface area contributed by atoms with Gasteiger partial charge in [0.15, 0.2) is 0 Å². The highest BCUT2D eigenvalue weighted by Gasteiger charge is 2.36. The zero-order valence-corrected chi connectivity index (χ0v) is 13.9. The Kier molecular flexibility index (Phi) is 5.23. The second-order valence-electron chi connectivity index (χ2n) is 5.74. The van der Waals surface area contributed by atoms with Crippen molar-refractivity contribution in [3.63, 3.8) is 0 Å². The largest absolute Gasteiger partial charge is 0.316 e. The molecule has 114 valence electrons. The van der Waals surface area contributed by atoms with Gasteiger partial charge in [-0.25, -0.2) is 13.1 Å². The van der Waals surface area contributed by atoms with E-state index in [9.17, 15) is 8.42 Å². The van der Waals surface area contributed by atoms with Crippen LogP contribution in [0.25, 0.3) is 0 Å². The van der Waals surface area contributed by atoms with Gasteiger partial charge in [0.2, 0.25) is 0 Å². The van der Waals surface area contributed by atoms with E-state index in [0.717, 1.165) is 50.1 Å². The van der Waals surface area contributed by atoms with Crippen molar-refractivity contribution in [2.75, 3.05) is 13.1 Å². The van der Waals surface area contributed by atoms with E-state index in [0.29, 0.717) is 4.21 Å². The van der Waals surface area contributed by atoms with E-state index in [1.54, 1.807) is 6.07 Å². The van der Waals surface area contributed by atoms with Crippen LogP contribution in [-0.4, -0.2) is 27.0 Å². The van der Waals surface area contributed by atoms with E-state index in [4.69, 9.17) is 0 Å². The highest BCUT2D eigenvalue weighted by atomic mass is 32.2. The molecular weight excluding hydrogens is 292 g/mol. The fourth-order valence-corrected chi connectivity index (χ4v) is 5.15. The minimum atomic E-state index is -3.35. The van der Waals surface area contributed by atoms with Crippen LogP contribution >= 0.6 is 11.3 Å². The lowest BCUT2D eigenvalue weighted by Crippen LogP contribution is -2.50. The van der Waals surface area contributed by atoms with Crippen molar-refractivity contribution < 1.29 is 8.42 Å². The average molecular weight is 316 g/mol. The van der Waals surface area contributed by atoms with Crippen LogP contribution < -0.4 is 10.0 Å². The van der Waals surface area contributed by atoms with Gasteiger partial charge in [0, 0.05) is 10.4 Å². The summed E-state index contributed by atoms with van der Waals surface area (Å²) in [5.41, 5.74) is -0.230. The Balaban J connectivity index is 1.93. The summed E-state index contributed by atoms with van der Waals surface area (Å²) >= 11 is 1.38. The first kappa shape index (κ1) is 15.9. The molecule has 1 aromatic rings. The Bertz CT molecular complexity index is 533. The van der Waals surface area contributed by atoms with Gasteiger partial charge in [-0.1, -0.05) is 6.92 Å². The van der Waals surface area contributed by atoms with Crippen molar-refractivity contribution in [2.45, 2.75) is 55.7 Å². The maximum Gasteiger partial charge on any atom is 0.250 e. The first-order valence-corrected chi connectivity index (χ1v) is 9.59. The first-order chi connectivity index (χ1) is 9.45. The predicted octanol–water partition coefficient (Wildman–Crippen LogP) is 2.51. The smallest absolute Gasteiger partial charge is 0.250 e. The summed E-state index contributed by atoms with van der Waals surface area (Å²) in [6, 6.07) is 3.65. The van der Waals surface area contributed by atoms with Crippen molar-refractivity contribution in [3.8, 4) is 0 Å². The highest BCUT2D eigenvalue weighted by Crippen LogP contribution is 2.33. The molecule has 2 N–H and O–H groups in total. The summed E-state index contributed by atoms with van der Waals surface area (Å²) in [6.45, 7) is 6.03. The third kappa shape index (κ3) is 4.04. The Morgan fingerprint density at radius 1 is 1.30 bits per heavy atom. The molecule has 0 radical (unpaired) electrons. The molecule has 1 aromatic heterocycles. The van der Waals surface area contributed by atoms with E-state index in [1.165, 1.54) is 11.3 Å². The number of rotatable bonds is 8. The molecule has 0 atom stereocenters. The second-order valence-corrected chi connectivity index (χ2v) is 8.82. The topological polar surface area (TPSA) is 58.2 Å². The van der Waals surface area contributed by atoms with Crippen LogP contribution in [0.3, 0.4) is 0 Å². The Hall–Kier alpha value is -0.430. The average Bonchev–Trinajstić information content (AvgIpc) is 2.82. The Morgan fingerprint density at radius 3 is 2.65 bits per heavy atom. The number of hydrogen-bond acceptors (Lipinski definition) is 4. The zero-order chi connectivity index (χ0) is 14.6. The molecule has 0 amide bonds. The molecule has 0 aliphatic heterocycles. The molecule has 0 unspecified atom stereocenters. The monoisotopic (exact) mass is 316 g/mol. The molecule has 1 aliphatic rings. The lowest BCUT2D eigenvalue weighted by atomic mass is 9.80. The van der Waals surface area contributed by atoms with Gasteiger partial charge in [0.1, 0.15) is 4.21 Å². The molecule has 0 aromatic carbocycles. The van der Waals surface area contributed by atoms with Crippen LogP contribution in [-0.2, 0) is 16.4 Å². The third-order valence-corrected chi connectivity index (χ3v) is 6.99. The molecule has 1 aliphatic carbocycles. The van der Waals surface area contributed by atoms with Crippen LogP contribution in [0.5, 0.6) is 0 Å². The van der Waals surface area contributed by atoms with Crippen LogP contribution in [0.15, 0.2) is 16.3 Å². The molecule has 0 spiro atoms. The van der Waals surface area contributed by atoms with Crippen molar-refractivity contribution >= 4 is 21.4 Å². The number of nitrogens with one attached hydrogen (secondary N) is 2. The summed E-state index contributed by atoms with van der Waals surface area (Å²) in [5.74, 6) is 0. The van der Waals surface area contributed by atoms with Crippen molar-refractivity contribution in [1.82, 2.24) is 10.0 Å². The standard InChI is InChI=1S/C14H24N2O2S2/c1-3-10-15-11-7-12-5-6-13(19-12)20(17,18)16-14(2)8-4-9-14/h5-6,15-16H,3-4,7-11H2,1-2H3. The van der Waals surface area contributed by atoms with Crippen LogP contribution in [0.2, 0.25) is 0 Å². The van der Waals surface area contributed by atoms with Crippen molar-refractivity contribution in [1.29, 1.82) is 0 Å². The maximum atomic E-state index is 12.3. The van der Waals surface area contributed by atoms with E-state index < -0.39 is 10.0 Å². The Morgan fingerprint density at radius 2 is 2.05 bits per heavy atom. The minimum absolute atomic E-state index is 0.230.